The molecule has 0 aromatic heterocycles. The summed E-state index contributed by atoms with van der Waals surface area (Å²) in [5.41, 5.74) is 0. The fourth-order valence-electron chi connectivity index (χ4n) is 0. The number of methoxy groups -OCH3 is 1. The van der Waals surface area contributed by atoms with E-state index in [0.29, 0.717) is 0 Å². The smallest absolute Gasteiger partial charge is 0.553 e. The summed E-state index contributed by atoms with van der Waals surface area (Å²) in [6.45, 7) is 0. The van der Waals surface area contributed by atoms with Crippen LogP contribution in [0.5, 0.6) is 0 Å². The molecule has 0 aromatic rings. The molecule has 0 unspecified atom stereocenters. The number of hydrogen-bond donors (Lipinski definition) is 0. The Morgan fingerprint density at radius 1 is 1.83 bits per heavy atom. The van der Waals surface area contributed by atoms with Gasteiger partial charge in [0.1, 0.15) is 0 Å². The number of ether oxygens (including phenoxy) is 1. The molecule has 0 rings (SSSR count). The second kappa shape index (κ2) is 5.01. The molecule has 0 heterocycles. The van der Waals surface area contributed by atoms with Gasteiger partial charge in [-0.25, -0.2) is 0 Å². The van der Waals surface area contributed by atoms with Gasteiger partial charge in [-0.15, -0.1) is 0 Å². The van der Waals surface area contributed by atoms with E-state index >= 15 is 0 Å². The summed E-state index contributed by atoms with van der Waals surface area (Å²) in [5, 5.41) is 9.03. The van der Waals surface area contributed by atoms with Gasteiger partial charge < -0.3 is 14.6 Å². The van der Waals surface area contributed by atoms with Crippen LogP contribution >= 0.6 is 0 Å². The number of carboxylic acid groups (broad SMARTS) is 1. The van der Waals surface area contributed by atoms with Gasteiger partial charge >= 0.3 is 22.4 Å². The number of carbonyl (C=O) groups is 1. The van der Waals surface area contributed by atoms with E-state index in [0.717, 1.165) is 7.11 Å². The summed E-state index contributed by atoms with van der Waals surface area (Å²) in [6, 6.07) is 0. The summed E-state index contributed by atoms with van der Waals surface area (Å²) >= 11 is 0. The van der Waals surface area contributed by atoms with Crippen molar-refractivity contribution in [3.05, 3.63) is 0 Å². The van der Waals surface area contributed by atoms with Crippen LogP contribution in [0.2, 0.25) is 0 Å². The van der Waals surface area contributed by atoms with Crippen molar-refractivity contribution in [2.24, 2.45) is 0 Å². The molecule has 0 bridgehead atoms. The third-order valence-corrected chi connectivity index (χ3v) is 0.167. The SMILES string of the molecule is COC(=O)[O-].[Ag+]. The van der Waals surface area contributed by atoms with Crippen LogP contribution < -0.4 is 5.11 Å². The van der Waals surface area contributed by atoms with Crippen LogP contribution in [0.15, 0.2) is 0 Å². The van der Waals surface area contributed by atoms with Crippen LogP contribution in [-0.2, 0) is 27.1 Å². The maximum absolute atomic E-state index is 9.03. The third-order valence-electron chi connectivity index (χ3n) is 0.167. The maximum atomic E-state index is 9.03. The Morgan fingerprint density at radius 3 is 2.00 bits per heavy atom. The van der Waals surface area contributed by atoms with Crippen LogP contribution in [-0.4, -0.2) is 13.3 Å². The fraction of sp³-hybridized carbons (Fsp3) is 0.500. The molecule has 0 aliphatic carbocycles. The van der Waals surface area contributed by atoms with Crippen molar-refractivity contribution in [2.75, 3.05) is 7.11 Å². The Labute approximate surface area is 50.8 Å². The van der Waals surface area contributed by atoms with Crippen molar-refractivity contribution < 1.29 is 37.0 Å². The van der Waals surface area contributed by atoms with Gasteiger partial charge in [0, 0.05) is 7.11 Å². The molecular formula is C2H3AgO3. The van der Waals surface area contributed by atoms with E-state index in [1.54, 1.807) is 0 Å². The van der Waals surface area contributed by atoms with Crippen molar-refractivity contribution in [1.82, 2.24) is 0 Å². The predicted octanol–water partition coefficient (Wildman–Crippen LogP) is -1.03. The first-order valence-electron chi connectivity index (χ1n) is 1.02. The van der Waals surface area contributed by atoms with Gasteiger partial charge in [0.05, 0.1) is 0 Å². The van der Waals surface area contributed by atoms with Crippen LogP contribution in [0.3, 0.4) is 0 Å². The van der Waals surface area contributed by atoms with Gasteiger partial charge in [-0.05, 0) is 0 Å². The number of carbonyl (C=O) groups excluding carboxylic acids is 1. The average Bonchev–Trinajstić information content (AvgIpc) is 1.38. The van der Waals surface area contributed by atoms with Gasteiger partial charge in [-0.1, -0.05) is 0 Å². The van der Waals surface area contributed by atoms with Crippen LogP contribution in [0.25, 0.3) is 0 Å². The Hall–Kier alpha value is 0.0103. The quantitative estimate of drug-likeness (QED) is 0.356. The van der Waals surface area contributed by atoms with Crippen LogP contribution in [0.4, 0.5) is 4.79 Å². The fourth-order valence-corrected chi connectivity index (χ4v) is 0. The van der Waals surface area contributed by atoms with Crippen LogP contribution in [0, 0.1) is 0 Å². The molecule has 0 aliphatic heterocycles. The molecule has 6 heavy (non-hydrogen) atoms. The first-order chi connectivity index (χ1) is 2.27. The summed E-state index contributed by atoms with van der Waals surface area (Å²) in [4.78, 5) is 9.03. The Morgan fingerprint density at radius 2 is 2.00 bits per heavy atom. The Kier molecular flexibility index (Phi) is 7.83. The van der Waals surface area contributed by atoms with Crippen LogP contribution in [0.1, 0.15) is 0 Å². The first-order valence-corrected chi connectivity index (χ1v) is 1.02. The minimum absolute atomic E-state index is 0. The van der Waals surface area contributed by atoms with Crippen molar-refractivity contribution in [1.29, 1.82) is 0 Å². The first kappa shape index (κ1) is 9.38. The van der Waals surface area contributed by atoms with Gasteiger partial charge in [0.2, 0.25) is 0 Å². The van der Waals surface area contributed by atoms with Crippen molar-refractivity contribution in [2.45, 2.75) is 0 Å². The normalized spacial score (nSPS) is 5.50. The molecule has 0 N–H and O–H groups in total. The number of hydrogen-bond acceptors (Lipinski definition) is 3. The molecule has 0 spiro atoms. The number of rotatable bonds is 0. The predicted molar refractivity (Wildman–Crippen MR) is 12.4 cm³/mol. The van der Waals surface area contributed by atoms with Crippen molar-refractivity contribution >= 4 is 6.16 Å². The third kappa shape index (κ3) is 8.99. The standard InChI is InChI=1S/C2H4O3.Ag/c1-5-2(3)4;/h1H3,(H,3,4);/q;+1/p-1. The zero-order valence-electron chi connectivity index (χ0n) is 3.03. The molecule has 0 saturated heterocycles. The van der Waals surface area contributed by atoms with E-state index in [9.17, 15) is 0 Å². The van der Waals surface area contributed by atoms with E-state index in [-0.39, 0.29) is 22.4 Å². The molecule has 0 aliphatic rings. The van der Waals surface area contributed by atoms with Gasteiger partial charge in [-0.2, -0.15) is 0 Å². The Balaban J connectivity index is 0. The zero-order valence-corrected chi connectivity index (χ0v) is 4.51. The van der Waals surface area contributed by atoms with Gasteiger partial charge in [0.15, 0.2) is 0 Å². The van der Waals surface area contributed by atoms with E-state index in [2.05, 4.69) is 4.74 Å². The largest absolute Gasteiger partial charge is 1.00 e. The molecule has 0 saturated carbocycles. The van der Waals surface area contributed by atoms with Crippen molar-refractivity contribution in [3.8, 4) is 0 Å². The van der Waals surface area contributed by atoms with E-state index < -0.39 is 6.16 Å². The molecule has 0 atom stereocenters. The zero-order chi connectivity index (χ0) is 4.28. The maximum Gasteiger partial charge on any atom is 1.00 e. The summed E-state index contributed by atoms with van der Waals surface area (Å²) in [6.07, 6.45) is -1.50. The van der Waals surface area contributed by atoms with E-state index in [1.807, 2.05) is 0 Å². The molecule has 40 valence electrons. The second-order valence-electron chi connectivity index (χ2n) is 0.454. The minimum atomic E-state index is -1.50. The second-order valence-corrected chi connectivity index (χ2v) is 0.454. The molecule has 0 aromatic carbocycles. The minimum Gasteiger partial charge on any atom is -0.553 e. The summed E-state index contributed by atoms with van der Waals surface area (Å²) in [5.74, 6) is 0. The van der Waals surface area contributed by atoms with Gasteiger partial charge in [0.25, 0.3) is 6.16 Å². The summed E-state index contributed by atoms with van der Waals surface area (Å²) < 4.78 is 3.56. The average molecular weight is 183 g/mol. The van der Waals surface area contributed by atoms with Gasteiger partial charge in [-0.3, -0.25) is 0 Å². The molecule has 0 fully saturated rings. The molecule has 4 heteroatoms. The molecule has 0 amide bonds. The molecular weight excluding hydrogens is 180 g/mol. The topological polar surface area (TPSA) is 49.4 Å². The van der Waals surface area contributed by atoms with E-state index in [4.69, 9.17) is 9.90 Å². The molecule has 0 radical (unpaired) electrons. The summed E-state index contributed by atoms with van der Waals surface area (Å²) in [7, 11) is 1.04. The monoisotopic (exact) mass is 182 g/mol. The van der Waals surface area contributed by atoms with E-state index in [1.165, 1.54) is 0 Å². The molecule has 3 nitrogen and oxygen atoms in total. The van der Waals surface area contributed by atoms with Crippen molar-refractivity contribution in [3.63, 3.8) is 0 Å². The Bertz CT molecular complexity index is 44.1.